The Labute approximate surface area is 65.7 Å². The van der Waals surface area contributed by atoms with Gasteiger partial charge in [-0.15, -0.1) is 13.2 Å². The van der Waals surface area contributed by atoms with Crippen LogP contribution in [0.2, 0.25) is 0 Å². The van der Waals surface area contributed by atoms with Crippen LogP contribution in [0.1, 0.15) is 34.6 Å². The van der Waals surface area contributed by atoms with Gasteiger partial charge < -0.3 is 0 Å². The molecule has 0 radical (unpaired) electrons. The highest BCUT2D eigenvalue weighted by Crippen LogP contribution is 2.16. The minimum atomic E-state index is 0.360. The molecular formula is C10H20. The van der Waals surface area contributed by atoms with Crippen molar-refractivity contribution in [3.05, 3.63) is 24.8 Å². The molecule has 0 aromatic carbocycles. The van der Waals surface area contributed by atoms with Gasteiger partial charge in [0.1, 0.15) is 0 Å². The van der Waals surface area contributed by atoms with E-state index >= 15 is 0 Å². The predicted octanol–water partition coefficient (Wildman–Crippen LogP) is 3.80. The third kappa shape index (κ3) is 15.6. The number of hydrogen-bond donors (Lipinski definition) is 0. The highest BCUT2D eigenvalue weighted by molar-refractivity contribution is 5.00. The van der Waals surface area contributed by atoms with E-state index in [0.717, 1.165) is 0 Å². The first-order valence-corrected chi connectivity index (χ1v) is 3.58. The monoisotopic (exact) mass is 140 g/mol. The lowest BCUT2D eigenvalue weighted by molar-refractivity contribution is 0.540. The normalized spacial score (nSPS) is 9.30. The fraction of sp³-hybridized carbons (Fsp3) is 0.600. The molecule has 0 fully saturated rings. The molecule has 0 N–H and O–H groups in total. The van der Waals surface area contributed by atoms with E-state index in [1.54, 1.807) is 0 Å². The summed E-state index contributed by atoms with van der Waals surface area (Å²) < 4.78 is 0. The first kappa shape index (κ1) is 12.2. The van der Waals surface area contributed by atoms with E-state index in [-0.39, 0.29) is 0 Å². The van der Waals surface area contributed by atoms with E-state index in [0.29, 0.717) is 5.41 Å². The van der Waals surface area contributed by atoms with Crippen LogP contribution < -0.4 is 0 Å². The van der Waals surface area contributed by atoms with Gasteiger partial charge in [0, 0.05) is 0 Å². The van der Waals surface area contributed by atoms with E-state index in [2.05, 4.69) is 53.9 Å². The van der Waals surface area contributed by atoms with Gasteiger partial charge in [-0.2, -0.15) is 0 Å². The van der Waals surface area contributed by atoms with Crippen molar-refractivity contribution in [3.63, 3.8) is 0 Å². The maximum Gasteiger partial charge on any atom is -0.0201 e. The van der Waals surface area contributed by atoms with Crippen molar-refractivity contribution < 1.29 is 0 Å². The standard InChI is InChI=1S/C8H16.C2H4/c1-7(2)6-8(3,4)5;1-2/h6H,1-5H3;1-2H2. The summed E-state index contributed by atoms with van der Waals surface area (Å²) in [4.78, 5) is 0. The summed E-state index contributed by atoms with van der Waals surface area (Å²) in [7, 11) is 0. The smallest absolute Gasteiger partial charge is 0.0201 e. The van der Waals surface area contributed by atoms with Gasteiger partial charge in [0.2, 0.25) is 0 Å². The van der Waals surface area contributed by atoms with Crippen LogP contribution in [-0.4, -0.2) is 0 Å². The Balaban J connectivity index is 0. The highest BCUT2D eigenvalue weighted by atomic mass is 14.1. The van der Waals surface area contributed by atoms with Crippen LogP contribution in [0, 0.1) is 5.41 Å². The Morgan fingerprint density at radius 2 is 1.40 bits per heavy atom. The molecule has 0 spiro atoms. The molecule has 0 bridgehead atoms. The van der Waals surface area contributed by atoms with Gasteiger partial charge in [-0.3, -0.25) is 0 Å². The number of allylic oxidation sites excluding steroid dienone is 2. The second-order valence-electron chi connectivity index (χ2n) is 3.59. The molecule has 0 amide bonds. The largest absolute Gasteiger partial charge is 0.106 e. The first-order valence-electron chi connectivity index (χ1n) is 3.58. The van der Waals surface area contributed by atoms with Crippen molar-refractivity contribution in [3.8, 4) is 0 Å². The van der Waals surface area contributed by atoms with Crippen molar-refractivity contribution in [2.24, 2.45) is 5.41 Å². The maximum atomic E-state index is 3.00. The molecule has 0 rings (SSSR count). The van der Waals surface area contributed by atoms with Crippen LogP contribution in [0.3, 0.4) is 0 Å². The topological polar surface area (TPSA) is 0 Å². The van der Waals surface area contributed by atoms with Crippen LogP contribution >= 0.6 is 0 Å². The molecule has 0 nitrogen and oxygen atoms in total. The lowest BCUT2D eigenvalue weighted by Crippen LogP contribution is -1.99. The van der Waals surface area contributed by atoms with Gasteiger partial charge in [-0.25, -0.2) is 0 Å². The molecule has 0 heterocycles. The zero-order valence-electron chi connectivity index (χ0n) is 7.99. The summed E-state index contributed by atoms with van der Waals surface area (Å²) in [5.74, 6) is 0. The molecule has 0 aliphatic rings. The zero-order valence-corrected chi connectivity index (χ0v) is 7.99. The number of hydrogen-bond acceptors (Lipinski definition) is 0. The highest BCUT2D eigenvalue weighted by Gasteiger charge is 2.03. The SMILES string of the molecule is C=C.CC(C)=CC(C)(C)C. The van der Waals surface area contributed by atoms with Crippen molar-refractivity contribution in [1.29, 1.82) is 0 Å². The summed E-state index contributed by atoms with van der Waals surface area (Å²) >= 11 is 0. The Bertz CT molecular complexity index is 97.7. The third-order valence-electron chi connectivity index (χ3n) is 0.722. The van der Waals surface area contributed by atoms with Gasteiger partial charge >= 0.3 is 0 Å². The Hall–Kier alpha value is -0.520. The molecular weight excluding hydrogens is 120 g/mol. The molecule has 0 aliphatic carbocycles. The molecule has 0 unspecified atom stereocenters. The average Bonchev–Trinajstić information content (AvgIpc) is 1.64. The van der Waals surface area contributed by atoms with Crippen LogP contribution in [-0.2, 0) is 0 Å². The Morgan fingerprint density at radius 3 is 1.40 bits per heavy atom. The van der Waals surface area contributed by atoms with E-state index in [4.69, 9.17) is 0 Å². The minimum absolute atomic E-state index is 0.360. The molecule has 0 saturated carbocycles. The van der Waals surface area contributed by atoms with Crippen molar-refractivity contribution in [2.45, 2.75) is 34.6 Å². The van der Waals surface area contributed by atoms with Gasteiger partial charge in [0.15, 0.2) is 0 Å². The van der Waals surface area contributed by atoms with E-state index in [9.17, 15) is 0 Å². The van der Waals surface area contributed by atoms with E-state index in [1.807, 2.05) is 0 Å². The number of rotatable bonds is 0. The van der Waals surface area contributed by atoms with Gasteiger partial charge in [0.05, 0.1) is 0 Å². The lowest BCUT2D eigenvalue weighted by atomic mass is 9.94. The first-order chi connectivity index (χ1) is 4.42. The zero-order chi connectivity index (χ0) is 8.78. The van der Waals surface area contributed by atoms with Crippen LogP contribution in [0.5, 0.6) is 0 Å². The summed E-state index contributed by atoms with van der Waals surface area (Å²) in [6.07, 6.45) is 2.27. The van der Waals surface area contributed by atoms with Crippen molar-refractivity contribution in [1.82, 2.24) is 0 Å². The Morgan fingerprint density at radius 1 is 1.10 bits per heavy atom. The molecule has 60 valence electrons. The molecule has 0 aliphatic heterocycles. The second-order valence-corrected chi connectivity index (χ2v) is 3.59. The quantitative estimate of drug-likeness (QED) is 0.449. The molecule has 0 atom stereocenters. The van der Waals surface area contributed by atoms with Crippen LogP contribution in [0.15, 0.2) is 24.8 Å². The summed E-state index contributed by atoms with van der Waals surface area (Å²) in [5, 5.41) is 0. The minimum Gasteiger partial charge on any atom is -0.106 e. The van der Waals surface area contributed by atoms with E-state index < -0.39 is 0 Å². The summed E-state index contributed by atoms with van der Waals surface area (Å²) in [6.45, 7) is 16.9. The van der Waals surface area contributed by atoms with Crippen molar-refractivity contribution >= 4 is 0 Å². The molecule has 0 heteroatoms. The molecule has 0 aromatic heterocycles. The van der Waals surface area contributed by atoms with Gasteiger partial charge in [0.25, 0.3) is 0 Å². The summed E-state index contributed by atoms with van der Waals surface area (Å²) in [6, 6.07) is 0. The average molecular weight is 140 g/mol. The Kier molecular flexibility index (Phi) is 6.43. The molecule has 0 saturated heterocycles. The predicted molar refractivity (Wildman–Crippen MR) is 50.1 cm³/mol. The van der Waals surface area contributed by atoms with Gasteiger partial charge in [-0.1, -0.05) is 32.4 Å². The lowest BCUT2D eigenvalue weighted by Gasteiger charge is -2.11. The maximum absolute atomic E-state index is 3.00. The second kappa shape index (κ2) is 5.28. The van der Waals surface area contributed by atoms with Crippen LogP contribution in [0.4, 0.5) is 0 Å². The third-order valence-corrected chi connectivity index (χ3v) is 0.722. The van der Waals surface area contributed by atoms with Gasteiger partial charge in [-0.05, 0) is 19.3 Å². The molecule has 0 aromatic rings. The summed E-state index contributed by atoms with van der Waals surface area (Å²) in [5.41, 5.74) is 1.76. The fourth-order valence-corrected chi connectivity index (χ4v) is 0.866. The van der Waals surface area contributed by atoms with E-state index in [1.165, 1.54) is 5.57 Å². The van der Waals surface area contributed by atoms with Crippen molar-refractivity contribution in [2.75, 3.05) is 0 Å². The molecule has 10 heavy (non-hydrogen) atoms. The fourth-order valence-electron chi connectivity index (χ4n) is 0.866. The van der Waals surface area contributed by atoms with Crippen LogP contribution in [0.25, 0.3) is 0 Å².